The Labute approximate surface area is 167 Å². The average molecular weight is 544 g/mol. The van der Waals surface area contributed by atoms with E-state index >= 15 is 0 Å². The van der Waals surface area contributed by atoms with Crippen LogP contribution in [0.2, 0.25) is 0 Å². The predicted molar refractivity (Wildman–Crippen MR) is 114 cm³/mol. The zero-order chi connectivity index (χ0) is 17.1. The van der Waals surface area contributed by atoms with E-state index in [0.717, 1.165) is 7.14 Å². The zero-order valence-corrected chi connectivity index (χ0v) is 16.8. The molecule has 3 rings (SSSR count). The summed E-state index contributed by atoms with van der Waals surface area (Å²) in [5.41, 5.74) is 13.2. The standard InChI is InChI=1S/C18H14I2N2O2/c19-15-6-4-13(9-17(15)21)23-11-2-1-3-12(8-11)24-14-5-7-16(20)18(22)10-14/h1-10H,21-22H2. The summed E-state index contributed by atoms with van der Waals surface area (Å²) in [6.07, 6.45) is 0. The van der Waals surface area contributed by atoms with Crippen molar-refractivity contribution in [1.82, 2.24) is 0 Å². The molecular weight excluding hydrogens is 530 g/mol. The van der Waals surface area contributed by atoms with E-state index in [0.29, 0.717) is 34.4 Å². The second kappa shape index (κ2) is 7.47. The number of halogens is 2. The molecular formula is C18H14I2N2O2. The molecule has 24 heavy (non-hydrogen) atoms. The summed E-state index contributed by atoms with van der Waals surface area (Å²) < 4.78 is 13.7. The monoisotopic (exact) mass is 544 g/mol. The molecule has 0 unspecified atom stereocenters. The van der Waals surface area contributed by atoms with Gasteiger partial charge in [0.1, 0.15) is 23.0 Å². The molecule has 0 aliphatic rings. The third-order valence-corrected chi connectivity index (χ3v) is 5.18. The Balaban J connectivity index is 1.78. The van der Waals surface area contributed by atoms with Crippen LogP contribution in [0.4, 0.5) is 11.4 Å². The second-order valence-electron chi connectivity index (χ2n) is 5.05. The van der Waals surface area contributed by atoms with Crippen molar-refractivity contribution in [2.45, 2.75) is 0 Å². The number of rotatable bonds is 4. The van der Waals surface area contributed by atoms with E-state index in [-0.39, 0.29) is 0 Å². The number of hydrogen-bond acceptors (Lipinski definition) is 4. The number of nitrogen functional groups attached to an aromatic ring is 2. The van der Waals surface area contributed by atoms with Gasteiger partial charge in [-0.2, -0.15) is 0 Å². The van der Waals surface area contributed by atoms with Crippen molar-refractivity contribution >= 4 is 56.6 Å². The maximum absolute atomic E-state index is 5.91. The Bertz CT molecular complexity index is 816. The average Bonchev–Trinajstić information content (AvgIpc) is 2.55. The summed E-state index contributed by atoms with van der Waals surface area (Å²) in [4.78, 5) is 0. The van der Waals surface area contributed by atoms with Crippen LogP contribution in [0, 0.1) is 7.14 Å². The van der Waals surface area contributed by atoms with Gasteiger partial charge in [-0.05, 0) is 81.6 Å². The first kappa shape index (κ1) is 17.2. The molecule has 0 aromatic heterocycles. The van der Waals surface area contributed by atoms with Gasteiger partial charge in [0.05, 0.1) is 0 Å². The lowest BCUT2D eigenvalue weighted by atomic mass is 10.3. The van der Waals surface area contributed by atoms with E-state index in [4.69, 9.17) is 20.9 Å². The van der Waals surface area contributed by atoms with Gasteiger partial charge in [0, 0.05) is 36.7 Å². The van der Waals surface area contributed by atoms with Crippen molar-refractivity contribution in [2.75, 3.05) is 11.5 Å². The van der Waals surface area contributed by atoms with Gasteiger partial charge in [-0.1, -0.05) is 6.07 Å². The maximum atomic E-state index is 5.91. The molecule has 0 amide bonds. The first-order valence-corrected chi connectivity index (χ1v) is 9.23. The van der Waals surface area contributed by atoms with Crippen LogP contribution in [0.3, 0.4) is 0 Å². The van der Waals surface area contributed by atoms with Gasteiger partial charge in [0.25, 0.3) is 0 Å². The Kier molecular flexibility index (Phi) is 5.34. The molecule has 0 spiro atoms. The molecule has 6 heteroatoms. The van der Waals surface area contributed by atoms with Crippen molar-refractivity contribution in [3.05, 3.63) is 67.8 Å². The molecule has 0 fully saturated rings. The third kappa shape index (κ3) is 4.23. The van der Waals surface area contributed by atoms with Crippen molar-refractivity contribution in [1.29, 1.82) is 0 Å². The Hall–Kier alpha value is -1.68. The van der Waals surface area contributed by atoms with E-state index in [9.17, 15) is 0 Å². The highest BCUT2D eigenvalue weighted by molar-refractivity contribution is 14.1. The molecule has 0 aliphatic carbocycles. The smallest absolute Gasteiger partial charge is 0.131 e. The fourth-order valence-electron chi connectivity index (χ4n) is 2.04. The molecule has 4 nitrogen and oxygen atoms in total. The molecule has 3 aromatic rings. The van der Waals surface area contributed by atoms with Crippen LogP contribution in [0.15, 0.2) is 60.7 Å². The highest BCUT2D eigenvalue weighted by Crippen LogP contribution is 2.31. The molecule has 0 heterocycles. The van der Waals surface area contributed by atoms with Crippen LogP contribution < -0.4 is 20.9 Å². The number of anilines is 2. The van der Waals surface area contributed by atoms with Crippen LogP contribution in [0.25, 0.3) is 0 Å². The summed E-state index contributed by atoms with van der Waals surface area (Å²) in [6.45, 7) is 0. The fourth-order valence-corrected chi connectivity index (χ4v) is 2.71. The number of benzene rings is 3. The minimum absolute atomic E-state index is 0.673. The molecule has 0 bridgehead atoms. The largest absolute Gasteiger partial charge is 0.457 e. The van der Waals surface area contributed by atoms with Gasteiger partial charge >= 0.3 is 0 Å². The fraction of sp³-hybridized carbons (Fsp3) is 0. The van der Waals surface area contributed by atoms with Gasteiger partial charge in [0.2, 0.25) is 0 Å². The normalized spacial score (nSPS) is 10.4. The van der Waals surface area contributed by atoms with Gasteiger partial charge in [-0.3, -0.25) is 0 Å². The van der Waals surface area contributed by atoms with Crippen LogP contribution in [-0.2, 0) is 0 Å². The van der Waals surface area contributed by atoms with Crippen molar-refractivity contribution in [3.8, 4) is 23.0 Å². The lowest BCUT2D eigenvalue weighted by Crippen LogP contribution is -1.92. The van der Waals surface area contributed by atoms with Gasteiger partial charge in [-0.25, -0.2) is 0 Å². The van der Waals surface area contributed by atoms with Crippen LogP contribution >= 0.6 is 45.2 Å². The van der Waals surface area contributed by atoms with Gasteiger partial charge in [-0.15, -0.1) is 0 Å². The highest BCUT2D eigenvalue weighted by atomic mass is 127. The van der Waals surface area contributed by atoms with Crippen LogP contribution in [0.5, 0.6) is 23.0 Å². The van der Waals surface area contributed by atoms with E-state index in [1.165, 1.54) is 0 Å². The molecule has 0 aliphatic heterocycles. The number of nitrogens with two attached hydrogens (primary N) is 2. The molecule has 0 saturated heterocycles. The van der Waals surface area contributed by atoms with E-state index in [1.807, 2.05) is 48.5 Å². The molecule has 0 radical (unpaired) electrons. The second-order valence-corrected chi connectivity index (χ2v) is 7.37. The first-order chi connectivity index (χ1) is 11.5. The molecule has 122 valence electrons. The summed E-state index contributed by atoms with van der Waals surface area (Å²) in [6, 6.07) is 18.6. The summed E-state index contributed by atoms with van der Waals surface area (Å²) in [7, 11) is 0. The topological polar surface area (TPSA) is 70.5 Å². The summed E-state index contributed by atoms with van der Waals surface area (Å²) in [5.74, 6) is 2.71. The lowest BCUT2D eigenvalue weighted by molar-refractivity contribution is 0.460. The zero-order valence-electron chi connectivity index (χ0n) is 12.5. The van der Waals surface area contributed by atoms with Crippen molar-refractivity contribution in [2.24, 2.45) is 0 Å². The van der Waals surface area contributed by atoms with E-state index in [2.05, 4.69) is 45.2 Å². The Morgan fingerprint density at radius 2 is 1.00 bits per heavy atom. The SMILES string of the molecule is Nc1cc(Oc2cccc(Oc3ccc(I)c(N)c3)c2)ccc1I. The molecule has 0 saturated carbocycles. The number of hydrogen-bond donors (Lipinski definition) is 2. The van der Waals surface area contributed by atoms with E-state index in [1.54, 1.807) is 12.1 Å². The van der Waals surface area contributed by atoms with Crippen LogP contribution in [0.1, 0.15) is 0 Å². The van der Waals surface area contributed by atoms with Crippen molar-refractivity contribution < 1.29 is 9.47 Å². The first-order valence-electron chi connectivity index (χ1n) is 7.07. The Morgan fingerprint density at radius 1 is 0.583 bits per heavy atom. The molecule has 3 aromatic carbocycles. The van der Waals surface area contributed by atoms with Crippen molar-refractivity contribution in [3.63, 3.8) is 0 Å². The quantitative estimate of drug-likeness (QED) is 0.330. The predicted octanol–water partition coefficient (Wildman–Crippen LogP) is 5.64. The molecule has 0 atom stereocenters. The van der Waals surface area contributed by atoms with Gasteiger partial charge < -0.3 is 20.9 Å². The third-order valence-electron chi connectivity index (χ3n) is 3.21. The summed E-state index contributed by atoms with van der Waals surface area (Å²) in [5, 5.41) is 0. The summed E-state index contributed by atoms with van der Waals surface area (Å²) >= 11 is 4.37. The maximum Gasteiger partial charge on any atom is 0.131 e. The van der Waals surface area contributed by atoms with Crippen LogP contribution in [-0.4, -0.2) is 0 Å². The highest BCUT2D eigenvalue weighted by Gasteiger charge is 2.05. The Morgan fingerprint density at radius 3 is 1.42 bits per heavy atom. The minimum atomic E-state index is 0.673. The van der Waals surface area contributed by atoms with Gasteiger partial charge in [0.15, 0.2) is 0 Å². The van der Waals surface area contributed by atoms with E-state index < -0.39 is 0 Å². The lowest BCUT2D eigenvalue weighted by Gasteiger charge is -2.10. The minimum Gasteiger partial charge on any atom is -0.457 e. The molecule has 4 N–H and O–H groups in total. The number of ether oxygens (including phenoxy) is 2.